The second kappa shape index (κ2) is 6.06. The predicted molar refractivity (Wildman–Crippen MR) is 98.8 cm³/mol. The Kier molecular flexibility index (Phi) is 3.75. The van der Waals surface area contributed by atoms with Crippen LogP contribution in [0.25, 0.3) is 21.3 Å². The van der Waals surface area contributed by atoms with Crippen LogP contribution in [0.4, 0.5) is 0 Å². The van der Waals surface area contributed by atoms with Crippen LogP contribution in [0.2, 0.25) is 0 Å². The van der Waals surface area contributed by atoms with E-state index >= 15 is 0 Å². The van der Waals surface area contributed by atoms with Gasteiger partial charge < -0.3 is 4.74 Å². The van der Waals surface area contributed by atoms with Crippen LogP contribution >= 0.6 is 11.3 Å². The van der Waals surface area contributed by atoms with Crippen molar-refractivity contribution in [2.75, 3.05) is 0 Å². The molecule has 0 atom stereocenters. The van der Waals surface area contributed by atoms with Gasteiger partial charge in [-0.15, -0.1) is 11.3 Å². The first-order valence-electron chi connectivity index (χ1n) is 7.76. The van der Waals surface area contributed by atoms with Gasteiger partial charge >= 0.3 is 0 Å². The fraction of sp³-hybridized carbons (Fsp3) is 0.100. The summed E-state index contributed by atoms with van der Waals surface area (Å²) in [7, 11) is 0. The number of aryl methyl sites for hydroxylation is 2. The van der Waals surface area contributed by atoms with Crippen LogP contribution in [-0.4, -0.2) is 9.97 Å². The Hall–Kier alpha value is -2.72. The lowest BCUT2D eigenvalue weighted by Gasteiger charge is -2.08. The van der Waals surface area contributed by atoms with Gasteiger partial charge in [-0.05, 0) is 37.1 Å². The highest BCUT2D eigenvalue weighted by atomic mass is 32.1. The number of nitrogens with zero attached hydrogens (tertiary/aromatic N) is 2. The van der Waals surface area contributed by atoms with Crippen molar-refractivity contribution in [2.24, 2.45) is 0 Å². The Labute approximate surface area is 144 Å². The van der Waals surface area contributed by atoms with Gasteiger partial charge in [0.1, 0.15) is 16.9 Å². The Balaban J connectivity index is 1.90. The summed E-state index contributed by atoms with van der Waals surface area (Å²) in [6.07, 6.45) is 1.57. The minimum atomic E-state index is 0.605. The number of thiophene rings is 1. The van der Waals surface area contributed by atoms with Crippen molar-refractivity contribution in [1.29, 1.82) is 0 Å². The molecule has 0 spiro atoms. The zero-order valence-corrected chi connectivity index (χ0v) is 14.3. The topological polar surface area (TPSA) is 35.0 Å². The average Bonchev–Trinajstić information content (AvgIpc) is 2.93. The Bertz CT molecular complexity index is 1010. The van der Waals surface area contributed by atoms with Crippen molar-refractivity contribution in [1.82, 2.24) is 9.97 Å². The third-order valence-electron chi connectivity index (χ3n) is 3.90. The Morgan fingerprint density at radius 3 is 2.54 bits per heavy atom. The molecule has 0 N–H and O–H groups in total. The van der Waals surface area contributed by atoms with E-state index < -0.39 is 0 Å². The molecule has 0 bridgehead atoms. The highest BCUT2D eigenvalue weighted by molar-refractivity contribution is 7.19. The molecule has 0 unspecified atom stereocenters. The summed E-state index contributed by atoms with van der Waals surface area (Å²) in [6.45, 7) is 4.16. The normalized spacial score (nSPS) is 10.9. The standard InChI is InChI=1S/C20H16N2OS/c1-13-7-6-10-16(11-13)23-19-18-17(15-8-4-3-5-9-15)14(2)24-20(18)22-12-21-19/h3-12H,1-2H3. The first-order chi connectivity index (χ1) is 11.7. The highest BCUT2D eigenvalue weighted by Crippen LogP contribution is 2.42. The molecule has 0 aliphatic carbocycles. The van der Waals surface area contributed by atoms with Crippen LogP contribution in [-0.2, 0) is 0 Å². The third-order valence-corrected chi connectivity index (χ3v) is 4.91. The van der Waals surface area contributed by atoms with Gasteiger partial charge in [0.05, 0.1) is 5.39 Å². The molecule has 2 aromatic heterocycles. The number of hydrogen-bond donors (Lipinski definition) is 0. The van der Waals surface area contributed by atoms with Crippen LogP contribution in [0.3, 0.4) is 0 Å². The van der Waals surface area contributed by atoms with Gasteiger partial charge in [0.15, 0.2) is 0 Å². The molecule has 4 heteroatoms. The zero-order chi connectivity index (χ0) is 16.5. The van der Waals surface area contributed by atoms with Crippen molar-refractivity contribution in [3.8, 4) is 22.8 Å². The summed E-state index contributed by atoms with van der Waals surface area (Å²) in [5.74, 6) is 1.40. The number of aromatic nitrogens is 2. The summed E-state index contributed by atoms with van der Waals surface area (Å²) in [4.78, 5) is 11.0. The molecule has 2 aromatic carbocycles. The van der Waals surface area contributed by atoms with E-state index in [9.17, 15) is 0 Å². The van der Waals surface area contributed by atoms with Gasteiger partial charge in [0.2, 0.25) is 5.88 Å². The molecule has 24 heavy (non-hydrogen) atoms. The van der Waals surface area contributed by atoms with Crippen molar-refractivity contribution < 1.29 is 4.74 Å². The van der Waals surface area contributed by atoms with Crippen LogP contribution in [0.1, 0.15) is 10.4 Å². The first-order valence-corrected chi connectivity index (χ1v) is 8.58. The molecule has 2 heterocycles. The summed E-state index contributed by atoms with van der Waals surface area (Å²) in [5, 5.41) is 0.979. The van der Waals surface area contributed by atoms with Gasteiger partial charge in [-0.2, -0.15) is 0 Å². The second-order valence-corrected chi connectivity index (χ2v) is 6.88. The van der Waals surface area contributed by atoms with E-state index in [2.05, 4.69) is 29.0 Å². The lowest BCUT2D eigenvalue weighted by molar-refractivity contribution is 0.468. The Morgan fingerprint density at radius 1 is 0.917 bits per heavy atom. The van der Waals surface area contributed by atoms with Gasteiger partial charge in [0, 0.05) is 10.4 Å². The maximum Gasteiger partial charge on any atom is 0.231 e. The molecule has 0 saturated carbocycles. The minimum absolute atomic E-state index is 0.605. The summed E-state index contributed by atoms with van der Waals surface area (Å²) < 4.78 is 6.10. The van der Waals surface area contributed by atoms with E-state index in [0.717, 1.165) is 32.7 Å². The molecule has 0 radical (unpaired) electrons. The van der Waals surface area contributed by atoms with Gasteiger partial charge in [0.25, 0.3) is 0 Å². The number of hydrogen-bond acceptors (Lipinski definition) is 4. The molecule has 0 saturated heterocycles. The molecule has 0 aliphatic rings. The maximum absolute atomic E-state index is 6.10. The maximum atomic E-state index is 6.10. The molecule has 0 aliphatic heterocycles. The molecule has 4 aromatic rings. The van der Waals surface area contributed by atoms with E-state index in [0.29, 0.717) is 5.88 Å². The zero-order valence-electron chi connectivity index (χ0n) is 13.5. The molecule has 4 rings (SSSR count). The second-order valence-electron chi connectivity index (χ2n) is 5.68. The molecule has 118 valence electrons. The van der Waals surface area contributed by atoms with Crippen molar-refractivity contribution in [3.63, 3.8) is 0 Å². The largest absolute Gasteiger partial charge is 0.438 e. The number of rotatable bonds is 3. The quantitative estimate of drug-likeness (QED) is 0.478. The Morgan fingerprint density at radius 2 is 1.75 bits per heavy atom. The molecule has 0 fully saturated rings. The summed E-state index contributed by atoms with van der Waals surface area (Å²) in [5.41, 5.74) is 3.46. The summed E-state index contributed by atoms with van der Waals surface area (Å²) in [6, 6.07) is 18.3. The first kappa shape index (κ1) is 14.8. The molecule has 3 nitrogen and oxygen atoms in total. The summed E-state index contributed by atoms with van der Waals surface area (Å²) >= 11 is 1.67. The smallest absolute Gasteiger partial charge is 0.231 e. The van der Waals surface area contributed by atoms with Gasteiger partial charge in [-0.25, -0.2) is 9.97 Å². The SMILES string of the molecule is Cc1cccc(Oc2ncnc3sc(C)c(-c4ccccc4)c23)c1. The minimum Gasteiger partial charge on any atom is -0.438 e. The molecule has 0 amide bonds. The van der Waals surface area contributed by atoms with Crippen LogP contribution < -0.4 is 4.74 Å². The van der Waals surface area contributed by atoms with Crippen LogP contribution in [0, 0.1) is 13.8 Å². The van der Waals surface area contributed by atoms with E-state index in [1.165, 1.54) is 4.88 Å². The third kappa shape index (κ3) is 2.65. The van der Waals surface area contributed by atoms with E-state index in [-0.39, 0.29) is 0 Å². The highest BCUT2D eigenvalue weighted by Gasteiger charge is 2.18. The fourth-order valence-electron chi connectivity index (χ4n) is 2.84. The van der Waals surface area contributed by atoms with Gasteiger partial charge in [-0.1, -0.05) is 42.5 Å². The average molecular weight is 332 g/mol. The number of fused-ring (bicyclic) bond motifs is 1. The van der Waals surface area contributed by atoms with Crippen LogP contribution in [0.5, 0.6) is 11.6 Å². The van der Waals surface area contributed by atoms with Crippen molar-refractivity contribution >= 4 is 21.6 Å². The van der Waals surface area contributed by atoms with E-state index in [4.69, 9.17) is 4.74 Å². The lowest BCUT2D eigenvalue weighted by Crippen LogP contribution is -1.91. The van der Waals surface area contributed by atoms with Crippen LogP contribution in [0.15, 0.2) is 60.9 Å². The monoisotopic (exact) mass is 332 g/mol. The number of ether oxygens (including phenoxy) is 1. The molecular weight excluding hydrogens is 316 g/mol. The number of benzene rings is 2. The van der Waals surface area contributed by atoms with E-state index in [1.807, 2.05) is 49.4 Å². The van der Waals surface area contributed by atoms with Crippen molar-refractivity contribution in [3.05, 3.63) is 71.4 Å². The van der Waals surface area contributed by atoms with E-state index in [1.54, 1.807) is 17.7 Å². The van der Waals surface area contributed by atoms with Gasteiger partial charge in [-0.3, -0.25) is 0 Å². The predicted octanol–water partition coefficient (Wildman–Crippen LogP) is 5.77. The fourth-order valence-corrected chi connectivity index (χ4v) is 3.84. The molecular formula is C20H16N2OS. The lowest BCUT2D eigenvalue weighted by atomic mass is 10.0. The van der Waals surface area contributed by atoms with Crippen molar-refractivity contribution in [2.45, 2.75) is 13.8 Å².